The third kappa shape index (κ3) is 5.28. The lowest BCUT2D eigenvalue weighted by molar-refractivity contribution is -0.133. The third-order valence-electron chi connectivity index (χ3n) is 5.48. The number of benzene rings is 2. The standard InChI is InChI=1S/C22H22F3N5O2.ClH/c1-32-16-4-2-13(3-5-16)22-20-12-29(6-7-30(20)28-27-22)21(31)10-15(26)8-14-9-18(24)19(25)11-17(14)23;/h2-5,9,11,15H,6-8,10,12,26H2,1H3;1H/t15-;/m1./s1. The minimum atomic E-state index is -1.26. The first-order valence-electron chi connectivity index (χ1n) is 10.1. The van der Waals surface area contributed by atoms with Gasteiger partial charge in [-0.3, -0.25) is 4.79 Å². The lowest BCUT2D eigenvalue weighted by Gasteiger charge is -2.28. The van der Waals surface area contributed by atoms with E-state index in [0.717, 1.165) is 23.1 Å². The number of nitrogens with zero attached hydrogens (tertiary/aromatic N) is 4. The molecule has 4 rings (SSSR count). The van der Waals surface area contributed by atoms with E-state index in [1.54, 1.807) is 16.7 Å². The highest BCUT2D eigenvalue weighted by Gasteiger charge is 2.27. The zero-order valence-electron chi connectivity index (χ0n) is 17.8. The van der Waals surface area contributed by atoms with Gasteiger partial charge in [0, 0.05) is 30.6 Å². The van der Waals surface area contributed by atoms with Crippen LogP contribution in [0.1, 0.15) is 17.7 Å². The van der Waals surface area contributed by atoms with Crippen molar-refractivity contribution in [2.45, 2.75) is 32.0 Å². The summed E-state index contributed by atoms with van der Waals surface area (Å²) in [7, 11) is 1.59. The molecule has 1 aromatic heterocycles. The molecule has 0 saturated carbocycles. The van der Waals surface area contributed by atoms with Crippen LogP contribution in [0, 0.1) is 17.5 Å². The Labute approximate surface area is 194 Å². The first-order valence-corrected chi connectivity index (χ1v) is 10.1. The van der Waals surface area contributed by atoms with Crippen LogP contribution in [-0.4, -0.2) is 45.5 Å². The van der Waals surface area contributed by atoms with Crippen LogP contribution in [0.2, 0.25) is 0 Å². The molecule has 1 amide bonds. The average molecular weight is 482 g/mol. The number of ether oxygens (including phenoxy) is 1. The Morgan fingerprint density at radius 1 is 1.12 bits per heavy atom. The highest BCUT2D eigenvalue weighted by molar-refractivity contribution is 5.85. The fourth-order valence-electron chi connectivity index (χ4n) is 3.76. The number of rotatable bonds is 6. The first-order chi connectivity index (χ1) is 15.4. The van der Waals surface area contributed by atoms with Crippen molar-refractivity contribution < 1.29 is 22.7 Å². The maximum Gasteiger partial charge on any atom is 0.224 e. The molecule has 2 N–H and O–H groups in total. The largest absolute Gasteiger partial charge is 0.497 e. The zero-order valence-corrected chi connectivity index (χ0v) is 18.6. The van der Waals surface area contributed by atoms with Crippen molar-refractivity contribution in [3.63, 3.8) is 0 Å². The van der Waals surface area contributed by atoms with Gasteiger partial charge in [0.15, 0.2) is 11.6 Å². The number of carbonyl (C=O) groups is 1. The molecule has 33 heavy (non-hydrogen) atoms. The Morgan fingerprint density at radius 3 is 2.52 bits per heavy atom. The number of methoxy groups -OCH3 is 1. The molecule has 176 valence electrons. The second-order valence-corrected chi connectivity index (χ2v) is 7.68. The van der Waals surface area contributed by atoms with E-state index in [-0.39, 0.29) is 36.7 Å². The summed E-state index contributed by atoms with van der Waals surface area (Å²) in [6.45, 7) is 1.22. The van der Waals surface area contributed by atoms with E-state index in [1.807, 2.05) is 24.3 Å². The molecule has 1 aliphatic heterocycles. The molecule has 0 radical (unpaired) electrons. The Kier molecular flexibility index (Phi) is 7.60. The maximum absolute atomic E-state index is 13.9. The number of nitrogens with two attached hydrogens (primary N) is 1. The number of hydrogen-bond donors (Lipinski definition) is 1. The number of aromatic nitrogens is 3. The summed E-state index contributed by atoms with van der Waals surface area (Å²) >= 11 is 0. The molecule has 0 aliphatic carbocycles. The summed E-state index contributed by atoms with van der Waals surface area (Å²) in [5, 5.41) is 8.44. The fourth-order valence-corrected chi connectivity index (χ4v) is 3.76. The van der Waals surface area contributed by atoms with E-state index < -0.39 is 23.5 Å². The van der Waals surface area contributed by atoms with Crippen LogP contribution in [0.5, 0.6) is 5.75 Å². The van der Waals surface area contributed by atoms with Crippen molar-refractivity contribution in [2.75, 3.05) is 13.7 Å². The second-order valence-electron chi connectivity index (χ2n) is 7.68. The van der Waals surface area contributed by atoms with Gasteiger partial charge in [0.2, 0.25) is 5.91 Å². The minimum Gasteiger partial charge on any atom is -0.497 e. The van der Waals surface area contributed by atoms with E-state index >= 15 is 0 Å². The quantitative estimate of drug-likeness (QED) is 0.547. The number of hydrogen-bond acceptors (Lipinski definition) is 5. The van der Waals surface area contributed by atoms with Gasteiger partial charge in [-0.1, -0.05) is 5.21 Å². The van der Waals surface area contributed by atoms with Crippen LogP contribution in [0.25, 0.3) is 11.3 Å². The molecule has 0 fully saturated rings. The Morgan fingerprint density at radius 2 is 1.82 bits per heavy atom. The van der Waals surface area contributed by atoms with Crippen LogP contribution < -0.4 is 10.5 Å². The fraction of sp³-hybridized carbons (Fsp3) is 0.318. The van der Waals surface area contributed by atoms with Crippen molar-refractivity contribution in [3.05, 3.63) is 65.1 Å². The summed E-state index contributed by atoms with van der Waals surface area (Å²) in [4.78, 5) is 14.5. The van der Waals surface area contributed by atoms with Gasteiger partial charge >= 0.3 is 0 Å². The number of fused-ring (bicyclic) bond motifs is 1. The Hall–Kier alpha value is -3.11. The molecule has 0 unspecified atom stereocenters. The smallest absolute Gasteiger partial charge is 0.224 e. The summed E-state index contributed by atoms with van der Waals surface area (Å²) in [5.41, 5.74) is 8.29. The Bertz CT molecular complexity index is 1140. The second kappa shape index (κ2) is 10.2. The van der Waals surface area contributed by atoms with Crippen molar-refractivity contribution in [1.82, 2.24) is 19.9 Å². The van der Waals surface area contributed by atoms with Crippen LogP contribution in [-0.2, 0) is 24.3 Å². The molecule has 1 atom stereocenters. The monoisotopic (exact) mass is 481 g/mol. The van der Waals surface area contributed by atoms with Crippen LogP contribution in [0.15, 0.2) is 36.4 Å². The highest BCUT2D eigenvalue weighted by atomic mass is 35.5. The highest BCUT2D eigenvalue weighted by Crippen LogP contribution is 2.27. The van der Waals surface area contributed by atoms with Gasteiger partial charge in [-0.15, -0.1) is 17.5 Å². The van der Waals surface area contributed by atoms with Gasteiger partial charge in [0.05, 0.1) is 25.9 Å². The van der Waals surface area contributed by atoms with Crippen molar-refractivity contribution in [2.24, 2.45) is 5.73 Å². The molecular weight excluding hydrogens is 459 g/mol. The van der Waals surface area contributed by atoms with Gasteiger partial charge in [-0.05, 0) is 42.3 Å². The van der Waals surface area contributed by atoms with Crippen molar-refractivity contribution in [1.29, 1.82) is 0 Å². The molecule has 11 heteroatoms. The van der Waals surface area contributed by atoms with E-state index in [9.17, 15) is 18.0 Å². The summed E-state index contributed by atoms with van der Waals surface area (Å²) in [5.74, 6) is -2.79. The van der Waals surface area contributed by atoms with Gasteiger partial charge in [0.25, 0.3) is 0 Å². The van der Waals surface area contributed by atoms with Gasteiger partial charge in [0.1, 0.15) is 17.3 Å². The molecule has 7 nitrogen and oxygen atoms in total. The molecule has 1 aliphatic rings. The third-order valence-corrected chi connectivity index (χ3v) is 5.48. The molecule has 0 bridgehead atoms. The van der Waals surface area contributed by atoms with E-state index in [4.69, 9.17) is 10.5 Å². The summed E-state index contributed by atoms with van der Waals surface area (Å²) in [6, 6.07) is 7.91. The average Bonchev–Trinajstić information content (AvgIpc) is 3.20. The summed E-state index contributed by atoms with van der Waals surface area (Å²) < 4.78 is 47.4. The van der Waals surface area contributed by atoms with Crippen molar-refractivity contribution in [3.8, 4) is 17.0 Å². The molecule has 0 saturated heterocycles. The molecule has 2 aromatic carbocycles. The lowest BCUT2D eigenvalue weighted by Crippen LogP contribution is -2.41. The SMILES string of the molecule is COc1ccc(-c2nnn3c2CN(C(=O)C[C@H](N)Cc2cc(F)c(F)cc2F)CC3)cc1.Cl. The summed E-state index contributed by atoms with van der Waals surface area (Å²) in [6.07, 6.45) is -0.142. The molecule has 0 spiro atoms. The maximum atomic E-state index is 13.9. The van der Waals surface area contributed by atoms with Crippen LogP contribution >= 0.6 is 12.4 Å². The van der Waals surface area contributed by atoms with E-state index in [1.165, 1.54) is 0 Å². The van der Waals surface area contributed by atoms with E-state index in [0.29, 0.717) is 31.4 Å². The molecular formula is C22H23ClF3N5O2. The van der Waals surface area contributed by atoms with Gasteiger partial charge in [-0.2, -0.15) is 0 Å². The van der Waals surface area contributed by atoms with Crippen molar-refractivity contribution >= 4 is 18.3 Å². The zero-order chi connectivity index (χ0) is 22.8. The topological polar surface area (TPSA) is 86.3 Å². The van der Waals surface area contributed by atoms with Crippen LogP contribution in [0.4, 0.5) is 13.2 Å². The number of carbonyl (C=O) groups excluding carboxylic acids is 1. The van der Waals surface area contributed by atoms with E-state index in [2.05, 4.69) is 10.3 Å². The molecule has 3 aromatic rings. The number of amides is 1. The first kappa shape index (κ1) is 24.5. The normalized spacial score (nSPS) is 13.8. The predicted molar refractivity (Wildman–Crippen MR) is 117 cm³/mol. The van der Waals surface area contributed by atoms with Gasteiger partial charge in [-0.25, -0.2) is 17.9 Å². The lowest BCUT2D eigenvalue weighted by atomic mass is 10.0. The number of halogens is 4. The Balaban J connectivity index is 0.00000306. The molecule has 2 heterocycles. The van der Waals surface area contributed by atoms with Gasteiger partial charge < -0.3 is 15.4 Å². The minimum absolute atomic E-state index is 0. The van der Waals surface area contributed by atoms with Crippen LogP contribution in [0.3, 0.4) is 0 Å². The predicted octanol–water partition coefficient (Wildman–Crippen LogP) is 3.10.